The first kappa shape index (κ1) is 14.9. The summed E-state index contributed by atoms with van der Waals surface area (Å²) in [7, 11) is 2.07. The summed E-state index contributed by atoms with van der Waals surface area (Å²) in [6.07, 6.45) is 5.81. The number of thiazole rings is 1. The minimum absolute atomic E-state index is 0.0287. The summed E-state index contributed by atoms with van der Waals surface area (Å²) in [4.78, 5) is 6.26. The van der Waals surface area contributed by atoms with Gasteiger partial charge in [-0.15, -0.1) is 11.3 Å². The molecule has 0 aromatic carbocycles. The predicted octanol–water partition coefficient (Wildman–Crippen LogP) is 3.41. The molecule has 2 unspecified atom stereocenters. The molecule has 2 heterocycles. The second-order valence-electron chi connectivity index (χ2n) is 5.44. The summed E-state index contributed by atoms with van der Waals surface area (Å²) in [5.74, 6) is 0. The van der Waals surface area contributed by atoms with Gasteiger partial charge in [-0.3, -0.25) is 0 Å². The van der Waals surface area contributed by atoms with Crippen molar-refractivity contribution >= 4 is 11.3 Å². The minimum atomic E-state index is 0.0287. The van der Waals surface area contributed by atoms with E-state index >= 15 is 0 Å². The Morgan fingerprint density at radius 3 is 2.84 bits per heavy atom. The second kappa shape index (κ2) is 6.33. The van der Waals surface area contributed by atoms with Crippen LogP contribution in [0.15, 0.2) is 0 Å². The van der Waals surface area contributed by atoms with Gasteiger partial charge in [0.25, 0.3) is 0 Å². The molecule has 0 amide bonds. The number of nitrogens with zero attached hydrogens (tertiary/aromatic N) is 1. The highest BCUT2D eigenvalue weighted by Gasteiger charge is 2.39. The van der Waals surface area contributed by atoms with Crippen LogP contribution in [0, 0.1) is 6.92 Å². The Kier molecular flexibility index (Phi) is 4.98. The van der Waals surface area contributed by atoms with Gasteiger partial charge in [0.15, 0.2) is 0 Å². The molecule has 108 valence electrons. The number of ether oxygens (including phenoxy) is 1. The summed E-state index contributed by atoms with van der Waals surface area (Å²) in [6.45, 7) is 7.43. The van der Waals surface area contributed by atoms with Crippen LogP contribution < -0.4 is 5.32 Å². The molecule has 19 heavy (non-hydrogen) atoms. The van der Waals surface area contributed by atoms with Crippen molar-refractivity contribution in [1.82, 2.24) is 10.3 Å². The van der Waals surface area contributed by atoms with Gasteiger partial charge in [-0.2, -0.15) is 0 Å². The molecule has 2 rings (SSSR count). The lowest BCUT2D eigenvalue weighted by molar-refractivity contribution is -0.0330. The maximum Gasteiger partial charge on any atom is 0.113 e. The Morgan fingerprint density at radius 1 is 1.47 bits per heavy atom. The van der Waals surface area contributed by atoms with Crippen LogP contribution in [0.25, 0.3) is 0 Å². The van der Waals surface area contributed by atoms with Crippen LogP contribution in [-0.2, 0) is 16.7 Å². The average molecular weight is 282 g/mol. The molecular formula is C15H26N2OS. The number of hydrogen-bond donors (Lipinski definition) is 1. The maximum absolute atomic E-state index is 5.90. The van der Waals surface area contributed by atoms with Crippen molar-refractivity contribution in [1.29, 1.82) is 0 Å². The third-order valence-electron chi connectivity index (χ3n) is 4.18. The standard InChI is InChI=1S/C15H26N2OS/c1-5-7-12-10-15(16-4,8-9-18-12)14-17-13(6-2)11(3)19-14/h12,16H,5-10H2,1-4H3. The number of rotatable bonds is 5. The third kappa shape index (κ3) is 3.01. The number of nitrogens with one attached hydrogen (secondary N) is 1. The van der Waals surface area contributed by atoms with Gasteiger partial charge in [-0.05, 0) is 39.7 Å². The largest absolute Gasteiger partial charge is 0.378 e. The van der Waals surface area contributed by atoms with Crippen LogP contribution in [0.3, 0.4) is 0 Å². The quantitative estimate of drug-likeness (QED) is 0.898. The zero-order chi connectivity index (χ0) is 13.9. The molecule has 0 radical (unpaired) electrons. The molecule has 1 fully saturated rings. The van der Waals surface area contributed by atoms with Crippen molar-refractivity contribution in [2.24, 2.45) is 0 Å². The van der Waals surface area contributed by atoms with E-state index < -0.39 is 0 Å². The van der Waals surface area contributed by atoms with E-state index in [0.717, 1.165) is 32.3 Å². The fourth-order valence-electron chi connectivity index (χ4n) is 2.95. The molecule has 1 saturated heterocycles. The maximum atomic E-state index is 5.90. The molecule has 0 bridgehead atoms. The van der Waals surface area contributed by atoms with E-state index in [-0.39, 0.29) is 5.54 Å². The zero-order valence-electron chi connectivity index (χ0n) is 12.6. The number of aryl methyl sites for hydroxylation is 2. The molecule has 2 atom stereocenters. The fourth-order valence-corrected chi connectivity index (χ4v) is 4.18. The molecule has 0 spiro atoms. The van der Waals surface area contributed by atoms with E-state index in [4.69, 9.17) is 9.72 Å². The Balaban J connectivity index is 2.25. The number of aromatic nitrogens is 1. The van der Waals surface area contributed by atoms with Gasteiger partial charge in [0.2, 0.25) is 0 Å². The van der Waals surface area contributed by atoms with E-state index in [1.807, 2.05) is 11.3 Å². The smallest absolute Gasteiger partial charge is 0.113 e. The Labute approximate surface area is 120 Å². The summed E-state index contributed by atoms with van der Waals surface area (Å²) in [5.41, 5.74) is 1.29. The molecule has 1 aromatic rings. The molecule has 1 aromatic heterocycles. The van der Waals surface area contributed by atoms with Crippen molar-refractivity contribution in [3.8, 4) is 0 Å². The van der Waals surface area contributed by atoms with Gasteiger partial charge < -0.3 is 10.1 Å². The SMILES string of the molecule is CCCC1CC(NC)(c2nc(CC)c(C)s2)CCO1. The first-order valence-corrected chi connectivity index (χ1v) is 8.24. The second-order valence-corrected chi connectivity index (χ2v) is 6.65. The first-order valence-electron chi connectivity index (χ1n) is 7.42. The molecule has 1 aliphatic rings. The molecule has 1 aliphatic heterocycles. The summed E-state index contributed by atoms with van der Waals surface area (Å²) in [5, 5.41) is 4.81. The van der Waals surface area contributed by atoms with E-state index in [1.165, 1.54) is 22.0 Å². The van der Waals surface area contributed by atoms with Crippen LogP contribution in [0.2, 0.25) is 0 Å². The van der Waals surface area contributed by atoms with Gasteiger partial charge in [0.1, 0.15) is 5.01 Å². The lowest BCUT2D eigenvalue weighted by Crippen LogP contribution is -2.47. The Morgan fingerprint density at radius 2 is 2.26 bits per heavy atom. The van der Waals surface area contributed by atoms with E-state index in [2.05, 4.69) is 33.1 Å². The van der Waals surface area contributed by atoms with Crippen LogP contribution in [0.4, 0.5) is 0 Å². The lowest BCUT2D eigenvalue weighted by atomic mass is 9.86. The Bertz CT molecular complexity index is 416. The summed E-state index contributed by atoms with van der Waals surface area (Å²) < 4.78 is 5.90. The molecular weight excluding hydrogens is 256 g/mol. The van der Waals surface area contributed by atoms with Crippen LogP contribution >= 0.6 is 11.3 Å². The monoisotopic (exact) mass is 282 g/mol. The Hall–Kier alpha value is -0.450. The van der Waals surface area contributed by atoms with Gasteiger partial charge in [0.05, 0.1) is 17.3 Å². The highest BCUT2D eigenvalue weighted by Crippen LogP contribution is 2.38. The summed E-state index contributed by atoms with van der Waals surface area (Å²) in [6, 6.07) is 0. The fraction of sp³-hybridized carbons (Fsp3) is 0.800. The number of hydrogen-bond acceptors (Lipinski definition) is 4. The molecule has 0 saturated carbocycles. The van der Waals surface area contributed by atoms with Crippen LogP contribution in [0.5, 0.6) is 0 Å². The van der Waals surface area contributed by atoms with Crippen molar-refractivity contribution < 1.29 is 4.74 Å². The summed E-state index contributed by atoms with van der Waals surface area (Å²) >= 11 is 1.86. The van der Waals surface area contributed by atoms with Gasteiger partial charge >= 0.3 is 0 Å². The van der Waals surface area contributed by atoms with Crippen molar-refractivity contribution in [2.45, 2.75) is 64.5 Å². The highest BCUT2D eigenvalue weighted by molar-refractivity contribution is 7.11. The lowest BCUT2D eigenvalue weighted by Gasteiger charge is -2.39. The predicted molar refractivity (Wildman–Crippen MR) is 80.8 cm³/mol. The first-order chi connectivity index (χ1) is 9.15. The van der Waals surface area contributed by atoms with E-state index in [0.29, 0.717) is 6.10 Å². The van der Waals surface area contributed by atoms with Crippen LogP contribution in [0.1, 0.15) is 55.1 Å². The molecule has 0 aliphatic carbocycles. The van der Waals surface area contributed by atoms with Gasteiger partial charge in [0, 0.05) is 11.5 Å². The van der Waals surface area contributed by atoms with Gasteiger partial charge in [-0.25, -0.2) is 4.98 Å². The van der Waals surface area contributed by atoms with E-state index in [1.54, 1.807) is 0 Å². The van der Waals surface area contributed by atoms with Crippen molar-refractivity contribution in [3.05, 3.63) is 15.6 Å². The minimum Gasteiger partial charge on any atom is -0.378 e. The van der Waals surface area contributed by atoms with Gasteiger partial charge in [-0.1, -0.05) is 20.3 Å². The molecule has 1 N–H and O–H groups in total. The molecule has 4 heteroatoms. The topological polar surface area (TPSA) is 34.2 Å². The zero-order valence-corrected chi connectivity index (χ0v) is 13.4. The normalized spacial score (nSPS) is 27.7. The highest BCUT2D eigenvalue weighted by atomic mass is 32.1. The van der Waals surface area contributed by atoms with Crippen molar-refractivity contribution in [3.63, 3.8) is 0 Å². The van der Waals surface area contributed by atoms with Crippen molar-refractivity contribution in [2.75, 3.05) is 13.7 Å². The van der Waals surface area contributed by atoms with Crippen LogP contribution in [-0.4, -0.2) is 24.7 Å². The third-order valence-corrected chi connectivity index (χ3v) is 5.40. The average Bonchev–Trinajstić information content (AvgIpc) is 2.81. The van der Waals surface area contributed by atoms with E-state index in [9.17, 15) is 0 Å². The molecule has 3 nitrogen and oxygen atoms in total.